The number of hydrogen-bond acceptors (Lipinski definition) is 7. The molecule has 0 aromatic rings. The quantitative estimate of drug-likeness (QED) is 0.0279. The number of ether oxygens (including phenoxy) is 4. The number of carbonyl (C=O) groups is 3. The van der Waals surface area contributed by atoms with E-state index in [0.717, 1.165) is 38.5 Å². The first kappa shape index (κ1) is 58.3. The number of carboxylic acids is 1. The molecular formula is C51H100NO8+. The predicted octanol–water partition coefficient (Wildman–Crippen LogP) is 14.1. The monoisotopic (exact) mass is 855 g/mol. The molecule has 0 fully saturated rings. The smallest absolute Gasteiger partial charge is 0.361 e. The highest BCUT2D eigenvalue weighted by Gasteiger charge is 2.25. The summed E-state index contributed by atoms with van der Waals surface area (Å²) in [5.41, 5.74) is 0. The van der Waals surface area contributed by atoms with E-state index in [1.54, 1.807) is 0 Å². The van der Waals surface area contributed by atoms with Crippen molar-refractivity contribution >= 4 is 17.9 Å². The Morgan fingerprint density at radius 3 is 1.07 bits per heavy atom. The zero-order valence-corrected chi connectivity index (χ0v) is 40.4. The van der Waals surface area contributed by atoms with Gasteiger partial charge in [0.1, 0.15) is 13.2 Å². The zero-order chi connectivity index (χ0) is 44.2. The van der Waals surface area contributed by atoms with Gasteiger partial charge in [-0.2, -0.15) is 0 Å². The van der Waals surface area contributed by atoms with E-state index in [0.29, 0.717) is 17.4 Å². The van der Waals surface area contributed by atoms with Gasteiger partial charge in [-0.05, 0) is 12.8 Å². The number of nitrogens with zero attached hydrogens (tertiary/aromatic N) is 1. The van der Waals surface area contributed by atoms with Crippen LogP contribution < -0.4 is 0 Å². The highest BCUT2D eigenvalue weighted by molar-refractivity contribution is 5.71. The Bertz CT molecular complexity index is 954. The van der Waals surface area contributed by atoms with Crippen LogP contribution in [0.2, 0.25) is 0 Å². The van der Waals surface area contributed by atoms with Crippen LogP contribution in [0.15, 0.2) is 0 Å². The number of esters is 2. The molecule has 0 heterocycles. The van der Waals surface area contributed by atoms with Gasteiger partial charge in [-0.3, -0.25) is 9.59 Å². The Balaban J connectivity index is 4.29. The van der Waals surface area contributed by atoms with Crippen LogP contribution in [0.1, 0.15) is 251 Å². The molecule has 0 aliphatic rings. The van der Waals surface area contributed by atoms with E-state index in [1.807, 2.05) is 21.1 Å². The molecule has 0 saturated heterocycles. The number of carboxylic acid groups (broad SMARTS) is 1. The fourth-order valence-corrected chi connectivity index (χ4v) is 7.60. The van der Waals surface area contributed by atoms with E-state index in [2.05, 4.69) is 13.8 Å². The zero-order valence-electron chi connectivity index (χ0n) is 40.4. The molecule has 0 aromatic heterocycles. The van der Waals surface area contributed by atoms with Crippen molar-refractivity contribution < 1.29 is 42.9 Å². The molecule has 0 bridgehead atoms. The standard InChI is InChI=1S/C51H99NO8/c1-6-8-10-12-14-16-18-20-22-24-25-26-28-30-32-34-36-38-40-42-49(54)60-47(46-59-51(50(55)56)57-44-43-52(3,4)5)45-58-48(53)41-39-37-35-33-31-29-27-23-21-19-17-15-13-11-9-7-2/h47,51H,6-46H2,1-5H3/p+1. The summed E-state index contributed by atoms with van der Waals surface area (Å²) in [7, 11) is 5.97. The molecule has 0 aliphatic carbocycles. The molecule has 0 aromatic carbocycles. The lowest BCUT2D eigenvalue weighted by molar-refractivity contribution is -0.870. The summed E-state index contributed by atoms with van der Waals surface area (Å²) in [5, 5.41) is 9.66. The summed E-state index contributed by atoms with van der Waals surface area (Å²) in [6.45, 7) is 4.93. The summed E-state index contributed by atoms with van der Waals surface area (Å²) < 4.78 is 22.8. The van der Waals surface area contributed by atoms with Gasteiger partial charge in [0.05, 0.1) is 34.4 Å². The van der Waals surface area contributed by atoms with Gasteiger partial charge in [0.15, 0.2) is 6.10 Å². The lowest BCUT2D eigenvalue weighted by Gasteiger charge is -2.25. The fraction of sp³-hybridized carbons (Fsp3) is 0.941. The maximum absolute atomic E-state index is 12.8. The predicted molar refractivity (Wildman–Crippen MR) is 249 cm³/mol. The van der Waals surface area contributed by atoms with E-state index in [-0.39, 0.29) is 38.2 Å². The minimum atomic E-state index is -1.50. The molecule has 60 heavy (non-hydrogen) atoms. The topological polar surface area (TPSA) is 108 Å². The van der Waals surface area contributed by atoms with E-state index >= 15 is 0 Å². The first-order valence-electron chi connectivity index (χ1n) is 25.7. The van der Waals surface area contributed by atoms with Crippen LogP contribution in [0.3, 0.4) is 0 Å². The van der Waals surface area contributed by atoms with Crippen molar-refractivity contribution in [1.82, 2.24) is 0 Å². The van der Waals surface area contributed by atoms with E-state index in [4.69, 9.17) is 18.9 Å². The third-order valence-corrected chi connectivity index (χ3v) is 11.6. The number of unbranched alkanes of at least 4 members (excludes halogenated alkanes) is 33. The Morgan fingerprint density at radius 2 is 0.750 bits per heavy atom. The molecule has 9 heteroatoms. The number of rotatable bonds is 48. The largest absolute Gasteiger partial charge is 0.477 e. The number of quaternary nitrogens is 1. The Morgan fingerprint density at radius 1 is 0.433 bits per heavy atom. The van der Waals surface area contributed by atoms with E-state index in [1.165, 1.54) is 186 Å². The van der Waals surface area contributed by atoms with Crippen molar-refractivity contribution in [2.24, 2.45) is 0 Å². The van der Waals surface area contributed by atoms with Gasteiger partial charge in [-0.25, -0.2) is 4.79 Å². The summed E-state index contributed by atoms with van der Waals surface area (Å²) in [5.74, 6) is -1.98. The molecule has 0 radical (unpaired) electrons. The van der Waals surface area contributed by atoms with Crippen LogP contribution in [-0.4, -0.2) is 87.4 Å². The van der Waals surface area contributed by atoms with Gasteiger partial charge < -0.3 is 28.5 Å². The molecule has 1 N–H and O–H groups in total. The third-order valence-electron chi connectivity index (χ3n) is 11.6. The lowest BCUT2D eigenvalue weighted by Crippen LogP contribution is -2.40. The molecule has 0 saturated carbocycles. The molecule has 356 valence electrons. The first-order valence-corrected chi connectivity index (χ1v) is 25.7. The van der Waals surface area contributed by atoms with Gasteiger partial charge >= 0.3 is 17.9 Å². The normalized spacial score (nSPS) is 12.8. The second-order valence-electron chi connectivity index (χ2n) is 18.9. The SMILES string of the molecule is CCCCCCCCCCCCCCCCCCCCCC(=O)OC(COC(=O)CCCCCCCCCCCCCCCCCC)COC(OCC[N+](C)(C)C)C(=O)O. The van der Waals surface area contributed by atoms with Gasteiger partial charge in [0.25, 0.3) is 6.29 Å². The Kier molecular flexibility index (Phi) is 42.7. The fourth-order valence-electron chi connectivity index (χ4n) is 7.60. The average Bonchev–Trinajstić information content (AvgIpc) is 3.21. The maximum atomic E-state index is 12.8. The number of carbonyl (C=O) groups excluding carboxylic acids is 2. The first-order chi connectivity index (χ1) is 29.1. The van der Waals surface area contributed by atoms with Gasteiger partial charge in [-0.15, -0.1) is 0 Å². The van der Waals surface area contributed by atoms with E-state index < -0.39 is 18.4 Å². The lowest BCUT2D eigenvalue weighted by atomic mass is 10.0. The highest BCUT2D eigenvalue weighted by atomic mass is 16.7. The van der Waals surface area contributed by atoms with Crippen molar-refractivity contribution in [3.05, 3.63) is 0 Å². The van der Waals surface area contributed by atoms with Crippen molar-refractivity contribution in [1.29, 1.82) is 0 Å². The van der Waals surface area contributed by atoms with Gasteiger partial charge in [0, 0.05) is 12.8 Å². The second-order valence-corrected chi connectivity index (χ2v) is 18.9. The molecule has 0 spiro atoms. The minimum absolute atomic E-state index is 0.173. The van der Waals surface area contributed by atoms with Crippen LogP contribution >= 0.6 is 0 Å². The minimum Gasteiger partial charge on any atom is -0.477 e. The van der Waals surface area contributed by atoms with Crippen molar-refractivity contribution in [2.45, 2.75) is 264 Å². The summed E-state index contributed by atoms with van der Waals surface area (Å²) in [4.78, 5) is 37.2. The molecule has 0 aliphatic heterocycles. The third kappa shape index (κ3) is 44.3. The molecular weight excluding hydrogens is 755 g/mol. The molecule has 2 unspecified atom stereocenters. The Hall–Kier alpha value is -1.71. The highest BCUT2D eigenvalue weighted by Crippen LogP contribution is 2.17. The summed E-state index contributed by atoms with van der Waals surface area (Å²) in [6, 6.07) is 0. The van der Waals surface area contributed by atoms with Crippen molar-refractivity contribution in [2.75, 3.05) is 47.5 Å². The molecule has 0 amide bonds. The number of hydrogen-bond donors (Lipinski definition) is 1. The van der Waals surface area contributed by atoms with Crippen LogP contribution in [-0.2, 0) is 33.3 Å². The maximum Gasteiger partial charge on any atom is 0.361 e. The summed E-state index contributed by atoms with van der Waals surface area (Å²) >= 11 is 0. The van der Waals surface area contributed by atoms with Crippen LogP contribution in [0.5, 0.6) is 0 Å². The molecule has 0 rings (SSSR count). The average molecular weight is 855 g/mol. The van der Waals surface area contributed by atoms with Gasteiger partial charge in [0.2, 0.25) is 0 Å². The number of likely N-dealkylation sites (N-methyl/N-ethyl adjacent to an activating group) is 1. The summed E-state index contributed by atoms with van der Waals surface area (Å²) in [6.07, 6.45) is 43.0. The molecule has 9 nitrogen and oxygen atoms in total. The number of aliphatic carboxylic acids is 1. The van der Waals surface area contributed by atoms with E-state index in [9.17, 15) is 19.5 Å². The van der Waals surface area contributed by atoms with Crippen molar-refractivity contribution in [3.63, 3.8) is 0 Å². The van der Waals surface area contributed by atoms with Gasteiger partial charge in [-0.1, -0.05) is 226 Å². The van der Waals surface area contributed by atoms with Crippen molar-refractivity contribution in [3.8, 4) is 0 Å². The second kappa shape index (κ2) is 43.9. The Labute approximate surface area is 371 Å². The van der Waals surface area contributed by atoms with Crippen LogP contribution in [0, 0.1) is 0 Å². The van der Waals surface area contributed by atoms with Crippen LogP contribution in [0.25, 0.3) is 0 Å². The van der Waals surface area contributed by atoms with Crippen LogP contribution in [0.4, 0.5) is 0 Å². The molecule has 2 atom stereocenters.